The number of benzene rings is 2. The fourth-order valence-corrected chi connectivity index (χ4v) is 1.51. The third-order valence-electron chi connectivity index (χ3n) is 2.34. The van der Waals surface area contributed by atoms with E-state index < -0.39 is 5.91 Å². The molecule has 2 rings (SSSR count). The lowest BCUT2D eigenvalue weighted by atomic mass is 10.1. The molecular formula is C13H11FN2O. The van der Waals surface area contributed by atoms with Crippen LogP contribution in [0.2, 0.25) is 0 Å². The molecule has 0 aliphatic rings. The van der Waals surface area contributed by atoms with Gasteiger partial charge in [-0.15, -0.1) is 0 Å². The van der Waals surface area contributed by atoms with Gasteiger partial charge in [-0.3, -0.25) is 4.79 Å². The van der Waals surface area contributed by atoms with E-state index in [0.29, 0.717) is 16.9 Å². The number of primary amides is 1. The monoisotopic (exact) mass is 230 g/mol. The van der Waals surface area contributed by atoms with Crippen LogP contribution < -0.4 is 11.1 Å². The van der Waals surface area contributed by atoms with Gasteiger partial charge in [0.15, 0.2) is 0 Å². The maximum absolute atomic E-state index is 13.4. The second-order valence-corrected chi connectivity index (χ2v) is 3.51. The van der Waals surface area contributed by atoms with Crippen LogP contribution in [0.5, 0.6) is 0 Å². The molecule has 17 heavy (non-hydrogen) atoms. The predicted octanol–water partition coefficient (Wildman–Crippen LogP) is 2.67. The number of nitrogens with two attached hydrogens (primary N) is 1. The van der Waals surface area contributed by atoms with Crippen LogP contribution in [0.1, 0.15) is 10.4 Å². The Balaban J connectivity index is 2.37. The van der Waals surface area contributed by atoms with Gasteiger partial charge in [0.05, 0.1) is 16.9 Å². The van der Waals surface area contributed by atoms with Gasteiger partial charge in [0, 0.05) is 0 Å². The summed E-state index contributed by atoms with van der Waals surface area (Å²) in [6.07, 6.45) is 0. The Morgan fingerprint density at radius 2 is 1.59 bits per heavy atom. The first-order chi connectivity index (χ1) is 8.18. The standard InChI is InChI=1S/C13H11FN2O/c14-10-6-2-4-8-12(10)16-11-7-3-1-5-9(11)13(15)17/h1-8,16H,(H2,15,17). The van der Waals surface area contributed by atoms with Gasteiger partial charge in [0.1, 0.15) is 5.82 Å². The second-order valence-electron chi connectivity index (χ2n) is 3.51. The molecule has 0 atom stereocenters. The smallest absolute Gasteiger partial charge is 0.250 e. The minimum Gasteiger partial charge on any atom is -0.366 e. The van der Waals surface area contributed by atoms with Crippen molar-refractivity contribution < 1.29 is 9.18 Å². The Kier molecular flexibility index (Phi) is 3.05. The van der Waals surface area contributed by atoms with E-state index >= 15 is 0 Å². The lowest BCUT2D eigenvalue weighted by molar-refractivity contribution is 0.100. The van der Waals surface area contributed by atoms with Crippen LogP contribution in [0.3, 0.4) is 0 Å². The molecule has 0 aliphatic heterocycles. The highest BCUT2D eigenvalue weighted by Crippen LogP contribution is 2.22. The molecule has 0 fully saturated rings. The van der Waals surface area contributed by atoms with Crippen LogP contribution in [-0.2, 0) is 0 Å². The van der Waals surface area contributed by atoms with Crippen molar-refractivity contribution in [3.63, 3.8) is 0 Å². The molecule has 86 valence electrons. The van der Waals surface area contributed by atoms with Gasteiger partial charge in [-0.2, -0.15) is 0 Å². The zero-order valence-electron chi connectivity index (χ0n) is 8.98. The Morgan fingerprint density at radius 1 is 1.00 bits per heavy atom. The molecule has 0 saturated heterocycles. The topological polar surface area (TPSA) is 55.1 Å². The molecule has 1 amide bonds. The Morgan fingerprint density at radius 3 is 2.24 bits per heavy atom. The van der Waals surface area contributed by atoms with Crippen molar-refractivity contribution in [2.24, 2.45) is 5.73 Å². The summed E-state index contributed by atoms with van der Waals surface area (Å²) in [5.74, 6) is -0.934. The molecule has 0 radical (unpaired) electrons. The molecule has 0 heterocycles. The fraction of sp³-hybridized carbons (Fsp3) is 0. The SMILES string of the molecule is NC(=O)c1ccccc1Nc1ccccc1F. The molecule has 4 heteroatoms. The number of halogens is 1. The normalized spacial score (nSPS) is 9.94. The predicted molar refractivity (Wildman–Crippen MR) is 64.6 cm³/mol. The van der Waals surface area contributed by atoms with E-state index in [9.17, 15) is 9.18 Å². The van der Waals surface area contributed by atoms with Gasteiger partial charge in [-0.05, 0) is 24.3 Å². The summed E-state index contributed by atoms with van der Waals surface area (Å²) in [4.78, 5) is 11.2. The van der Waals surface area contributed by atoms with Crippen LogP contribution >= 0.6 is 0 Å². The zero-order valence-corrected chi connectivity index (χ0v) is 8.98. The first kappa shape index (κ1) is 11.1. The van der Waals surface area contributed by atoms with Gasteiger partial charge in [0.25, 0.3) is 5.91 Å². The summed E-state index contributed by atoms with van der Waals surface area (Å²) in [5, 5.41) is 2.85. The van der Waals surface area contributed by atoms with Crippen LogP contribution in [0.25, 0.3) is 0 Å². The summed E-state index contributed by atoms with van der Waals surface area (Å²) in [7, 11) is 0. The lowest BCUT2D eigenvalue weighted by Crippen LogP contribution is -2.13. The first-order valence-corrected chi connectivity index (χ1v) is 5.09. The van der Waals surface area contributed by atoms with Gasteiger partial charge in [-0.1, -0.05) is 24.3 Å². The third-order valence-corrected chi connectivity index (χ3v) is 2.34. The van der Waals surface area contributed by atoms with Gasteiger partial charge in [0.2, 0.25) is 0 Å². The molecule has 0 spiro atoms. The van der Waals surface area contributed by atoms with Crippen molar-refractivity contribution in [2.75, 3.05) is 5.32 Å². The molecule has 0 saturated carbocycles. The first-order valence-electron chi connectivity index (χ1n) is 5.09. The van der Waals surface area contributed by atoms with E-state index in [-0.39, 0.29) is 5.82 Å². The van der Waals surface area contributed by atoms with E-state index in [0.717, 1.165) is 0 Å². The highest BCUT2D eigenvalue weighted by atomic mass is 19.1. The summed E-state index contributed by atoms with van der Waals surface area (Å²) in [6, 6.07) is 12.9. The number of carbonyl (C=O) groups is 1. The molecule has 2 aromatic carbocycles. The van der Waals surface area contributed by atoms with Crippen molar-refractivity contribution in [2.45, 2.75) is 0 Å². The highest BCUT2D eigenvalue weighted by molar-refractivity contribution is 5.99. The number of anilines is 2. The largest absolute Gasteiger partial charge is 0.366 e. The molecule has 0 aromatic heterocycles. The summed E-state index contributed by atoms with van der Waals surface area (Å²) >= 11 is 0. The van der Waals surface area contributed by atoms with Crippen LogP contribution in [0.4, 0.5) is 15.8 Å². The minimum atomic E-state index is -0.551. The number of hydrogen-bond donors (Lipinski definition) is 2. The average molecular weight is 230 g/mol. The van der Waals surface area contributed by atoms with E-state index in [1.165, 1.54) is 6.07 Å². The van der Waals surface area contributed by atoms with Gasteiger partial charge >= 0.3 is 0 Å². The second kappa shape index (κ2) is 4.65. The number of hydrogen-bond acceptors (Lipinski definition) is 2. The minimum absolute atomic E-state index is 0.307. The lowest BCUT2D eigenvalue weighted by Gasteiger charge is -2.10. The van der Waals surface area contributed by atoms with Gasteiger partial charge in [-0.25, -0.2) is 4.39 Å². The molecule has 3 nitrogen and oxygen atoms in total. The van der Waals surface area contributed by atoms with E-state index in [1.54, 1.807) is 42.5 Å². The average Bonchev–Trinajstić information content (AvgIpc) is 2.32. The summed E-state index contributed by atoms with van der Waals surface area (Å²) < 4.78 is 13.4. The molecule has 0 unspecified atom stereocenters. The molecule has 0 aliphatic carbocycles. The molecular weight excluding hydrogens is 219 g/mol. The Hall–Kier alpha value is -2.36. The number of amides is 1. The van der Waals surface area contributed by atoms with E-state index in [4.69, 9.17) is 5.73 Å². The quantitative estimate of drug-likeness (QED) is 0.851. The fourth-order valence-electron chi connectivity index (χ4n) is 1.51. The molecule has 0 bridgehead atoms. The van der Waals surface area contributed by atoms with Crippen molar-refractivity contribution in [3.8, 4) is 0 Å². The van der Waals surface area contributed by atoms with Crippen LogP contribution in [0.15, 0.2) is 48.5 Å². The zero-order chi connectivity index (χ0) is 12.3. The number of para-hydroxylation sites is 2. The van der Waals surface area contributed by atoms with Crippen molar-refractivity contribution in [1.29, 1.82) is 0 Å². The van der Waals surface area contributed by atoms with Crippen molar-refractivity contribution in [3.05, 3.63) is 59.9 Å². The Labute approximate surface area is 98.1 Å². The van der Waals surface area contributed by atoms with E-state index in [2.05, 4.69) is 5.32 Å². The summed E-state index contributed by atoms with van der Waals surface area (Å²) in [5.41, 5.74) is 6.36. The van der Waals surface area contributed by atoms with Crippen molar-refractivity contribution >= 4 is 17.3 Å². The molecule has 2 aromatic rings. The maximum Gasteiger partial charge on any atom is 0.250 e. The van der Waals surface area contributed by atoms with E-state index in [1.807, 2.05) is 0 Å². The highest BCUT2D eigenvalue weighted by Gasteiger charge is 2.08. The van der Waals surface area contributed by atoms with Crippen molar-refractivity contribution in [1.82, 2.24) is 0 Å². The Bertz CT molecular complexity index is 555. The number of carbonyl (C=O) groups excluding carboxylic acids is 1. The summed E-state index contributed by atoms with van der Waals surface area (Å²) in [6.45, 7) is 0. The van der Waals surface area contributed by atoms with Crippen LogP contribution in [0, 0.1) is 5.82 Å². The maximum atomic E-state index is 13.4. The number of nitrogens with one attached hydrogen (secondary N) is 1. The number of rotatable bonds is 3. The van der Waals surface area contributed by atoms with Gasteiger partial charge < -0.3 is 11.1 Å². The van der Waals surface area contributed by atoms with Crippen LogP contribution in [-0.4, -0.2) is 5.91 Å². The molecule has 3 N–H and O–H groups in total. The third kappa shape index (κ3) is 2.42.